The molecule has 2 aliphatic heterocycles. The standard InChI is InChI=1S/C21H28FN3O3/c1-4-28-20(26)18-17(12-25-10-13(2)9-14(3)11-25)23-21(27)24-19(18)15-5-7-16(22)8-6-15/h5-8,13-14,19H,4,9-12H2,1-3H3,(H2,23,24,27). The number of nitrogens with one attached hydrogen (secondary N) is 2. The van der Waals surface area contributed by atoms with Gasteiger partial charge in [0.15, 0.2) is 0 Å². The zero-order valence-electron chi connectivity index (χ0n) is 16.6. The highest BCUT2D eigenvalue weighted by Crippen LogP contribution is 2.29. The van der Waals surface area contributed by atoms with Crippen LogP contribution in [0.4, 0.5) is 9.18 Å². The average Bonchev–Trinajstić information content (AvgIpc) is 2.61. The first-order valence-corrected chi connectivity index (χ1v) is 9.82. The van der Waals surface area contributed by atoms with Gasteiger partial charge in [-0.3, -0.25) is 4.90 Å². The highest BCUT2D eigenvalue weighted by Gasteiger charge is 2.35. The van der Waals surface area contributed by atoms with E-state index in [0.29, 0.717) is 35.2 Å². The van der Waals surface area contributed by atoms with Crippen LogP contribution in [0.2, 0.25) is 0 Å². The van der Waals surface area contributed by atoms with Gasteiger partial charge >= 0.3 is 12.0 Å². The van der Waals surface area contributed by atoms with E-state index in [1.165, 1.54) is 18.6 Å². The molecule has 2 amide bonds. The number of benzene rings is 1. The highest BCUT2D eigenvalue weighted by atomic mass is 19.1. The van der Waals surface area contributed by atoms with Crippen molar-refractivity contribution >= 4 is 12.0 Å². The maximum absolute atomic E-state index is 13.4. The summed E-state index contributed by atoms with van der Waals surface area (Å²) in [4.78, 5) is 27.4. The molecule has 0 aliphatic carbocycles. The monoisotopic (exact) mass is 389 g/mol. The van der Waals surface area contributed by atoms with Crippen LogP contribution in [0.5, 0.6) is 0 Å². The van der Waals surface area contributed by atoms with Gasteiger partial charge in [-0.25, -0.2) is 14.0 Å². The molecule has 0 spiro atoms. The predicted molar refractivity (Wildman–Crippen MR) is 104 cm³/mol. The van der Waals surface area contributed by atoms with Crippen molar-refractivity contribution in [3.8, 4) is 0 Å². The Morgan fingerprint density at radius 3 is 2.46 bits per heavy atom. The molecule has 3 rings (SSSR count). The van der Waals surface area contributed by atoms with E-state index < -0.39 is 12.0 Å². The van der Waals surface area contributed by atoms with E-state index in [1.54, 1.807) is 19.1 Å². The number of urea groups is 1. The van der Waals surface area contributed by atoms with Gasteiger partial charge in [-0.15, -0.1) is 0 Å². The summed E-state index contributed by atoms with van der Waals surface area (Å²) >= 11 is 0. The molecular formula is C21H28FN3O3. The maximum Gasteiger partial charge on any atom is 0.338 e. The maximum atomic E-state index is 13.4. The highest BCUT2D eigenvalue weighted by molar-refractivity contribution is 5.95. The SMILES string of the molecule is CCOC(=O)C1=C(CN2CC(C)CC(C)C2)NC(=O)NC1c1ccc(F)cc1. The van der Waals surface area contributed by atoms with Crippen molar-refractivity contribution in [1.29, 1.82) is 0 Å². The number of amides is 2. The minimum atomic E-state index is -0.678. The molecule has 3 atom stereocenters. The number of piperidine rings is 1. The molecule has 1 aromatic carbocycles. The number of halogens is 1. The van der Waals surface area contributed by atoms with Crippen LogP contribution in [0.25, 0.3) is 0 Å². The molecular weight excluding hydrogens is 361 g/mol. The van der Waals surface area contributed by atoms with Crippen LogP contribution < -0.4 is 10.6 Å². The fraction of sp³-hybridized carbons (Fsp3) is 0.524. The van der Waals surface area contributed by atoms with E-state index in [2.05, 4.69) is 29.4 Å². The fourth-order valence-electron chi connectivity index (χ4n) is 4.24. The quantitative estimate of drug-likeness (QED) is 0.760. The molecule has 1 aromatic rings. The number of nitrogens with zero attached hydrogens (tertiary/aromatic N) is 1. The predicted octanol–water partition coefficient (Wildman–Crippen LogP) is 2.97. The van der Waals surface area contributed by atoms with Gasteiger partial charge in [-0.05, 0) is 42.9 Å². The summed E-state index contributed by atoms with van der Waals surface area (Å²) in [5, 5.41) is 5.58. The Kier molecular flexibility index (Phi) is 6.34. The van der Waals surface area contributed by atoms with E-state index in [4.69, 9.17) is 4.74 Å². The van der Waals surface area contributed by atoms with Gasteiger partial charge in [0.25, 0.3) is 0 Å². The number of esters is 1. The van der Waals surface area contributed by atoms with E-state index in [-0.39, 0.29) is 18.5 Å². The summed E-state index contributed by atoms with van der Waals surface area (Å²) < 4.78 is 18.6. The molecule has 2 heterocycles. The van der Waals surface area contributed by atoms with Crippen LogP contribution in [-0.4, -0.2) is 43.1 Å². The van der Waals surface area contributed by atoms with E-state index >= 15 is 0 Å². The third kappa shape index (κ3) is 4.70. The molecule has 7 heteroatoms. The second kappa shape index (κ2) is 8.73. The van der Waals surface area contributed by atoms with Crippen molar-refractivity contribution in [3.05, 3.63) is 46.9 Å². The largest absolute Gasteiger partial charge is 0.463 e. The Morgan fingerprint density at radius 1 is 1.21 bits per heavy atom. The van der Waals surface area contributed by atoms with Crippen LogP contribution in [0.1, 0.15) is 38.8 Å². The molecule has 1 saturated heterocycles. The molecule has 6 nitrogen and oxygen atoms in total. The summed E-state index contributed by atoms with van der Waals surface area (Å²) in [6.45, 7) is 8.69. The number of carbonyl (C=O) groups is 2. The molecule has 0 radical (unpaired) electrons. The third-order valence-electron chi connectivity index (χ3n) is 5.18. The summed E-state index contributed by atoms with van der Waals surface area (Å²) in [5.74, 6) is 0.265. The van der Waals surface area contributed by atoms with Crippen molar-refractivity contribution in [2.45, 2.75) is 33.2 Å². The number of likely N-dealkylation sites (tertiary alicyclic amines) is 1. The van der Waals surface area contributed by atoms with Gasteiger partial charge in [0.1, 0.15) is 5.82 Å². The zero-order chi connectivity index (χ0) is 20.3. The molecule has 0 aromatic heterocycles. The first-order chi connectivity index (χ1) is 13.4. The summed E-state index contributed by atoms with van der Waals surface area (Å²) in [7, 11) is 0. The lowest BCUT2D eigenvalue weighted by molar-refractivity contribution is -0.139. The molecule has 2 aliphatic rings. The molecule has 152 valence electrons. The van der Waals surface area contributed by atoms with Crippen LogP contribution >= 0.6 is 0 Å². The normalized spacial score (nSPS) is 25.9. The number of ether oxygens (including phenoxy) is 1. The Morgan fingerprint density at radius 2 is 1.86 bits per heavy atom. The van der Waals surface area contributed by atoms with E-state index in [1.807, 2.05) is 0 Å². The van der Waals surface area contributed by atoms with Crippen LogP contribution in [-0.2, 0) is 9.53 Å². The van der Waals surface area contributed by atoms with Crippen molar-refractivity contribution in [3.63, 3.8) is 0 Å². The second-order valence-electron chi connectivity index (χ2n) is 7.84. The summed E-state index contributed by atoms with van der Waals surface area (Å²) in [6.07, 6.45) is 1.17. The number of rotatable bonds is 5. The fourth-order valence-corrected chi connectivity index (χ4v) is 4.24. The first-order valence-electron chi connectivity index (χ1n) is 9.82. The lowest BCUT2D eigenvalue weighted by atomic mass is 9.91. The first kappa shape index (κ1) is 20.3. The minimum absolute atomic E-state index is 0.234. The number of hydrogen-bond donors (Lipinski definition) is 2. The van der Waals surface area contributed by atoms with Crippen LogP contribution in [0.3, 0.4) is 0 Å². The minimum Gasteiger partial charge on any atom is -0.463 e. The van der Waals surface area contributed by atoms with E-state index in [9.17, 15) is 14.0 Å². The molecule has 0 bridgehead atoms. The smallest absolute Gasteiger partial charge is 0.338 e. The average molecular weight is 389 g/mol. The Hall–Kier alpha value is -2.41. The van der Waals surface area contributed by atoms with Gasteiger partial charge < -0.3 is 15.4 Å². The lowest BCUT2D eigenvalue weighted by Crippen LogP contribution is -2.50. The third-order valence-corrected chi connectivity index (χ3v) is 5.18. The van der Waals surface area contributed by atoms with Crippen molar-refractivity contribution in [2.75, 3.05) is 26.2 Å². The topological polar surface area (TPSA) is 70.7 Å². The van der Waals surface area contributed by atoms with Gasteiger partial charge in [-0.1, -0.05) is 26.0 Å². The van der Waals surface area contributed by atoms with Gasteiger partial charge in [0.05, 0.1) is 18.2 Å². The van der Waals surface area contributed by atoms with Crippen molar-refractivity contribution in [1.82, 2.24) is 15.5 Å². The van der Waals surface area contributed by atoms with Crippen LogP contribution in [0, 0.1) is 17.7 Å². The second-order valence-corrected chi connectivity index (χ2v) is 7.84. The van der Waals surface area contributed by atoms with Gasteiger partial charge in [0.2, 0.25) is 0 Å². The Bertz CT molecular complexity index is 753. The number of hydrogen-bond acceptors (Lipinski definition) is 4. The van der Waals surface area contributed by atoms with Crippen molar-refractivity contribution < 1.29 is 18.7 Å². The summed E-state index contributed by atoms with van der Waals surface area (Å²) in [6, 6.07) is 4.74. The molecule has 2 N–H and O–H groups in total. The van der Waals surface area contributed by atoms with Crippen LogP contribution in [0.15, 0.2) is 35.5 Å². The molecule has 0 saturated carbocycles. The van der Waals surface area contributed by atoms with E-state index in [0.717, 1.165) is 13.1 Å². The zero-order valence-corrected chi connectivity index (χ0v) is 16.6. The Balaban J connectivity index is 1.96. The molecule has 28 heavy (non-hydrogen) atoms. The van der Waals surface area contributed by atoms with Gasteiger partial charge in [0, 0.05) is 25.3 Å². The molecule has 1 fully saturated rings. The number of carbonyl (C=O) groups excluding carboxylic acids is 2. The van der Waals surface area contributed by atoms with Gasteiger partial charge in [-0.2, -0.15) is 0 Å². The summed E-state index contributed by atoms with van der Waals surface area (Å²) in [5.41, 5.74) is 1.56. The molecule has 3 unspecified atom stereocenters. The lowest BCUT2D eigenvalue weighted by Gasteiger charge is -2.37. The van der Waals surface area contributed by atoms with Crippen molar-refractivity contribution in [2.24, 2.45) is 11.8 Å². The Labute approximate surface area is 165 Å².